The van der Waals surface area contributed by atoms with E-state index in [0.717, 1.165) is 0 Å². The summed E-state index contributed by atoms with van der Waals surface area (Å²) in [5.74, 6) is -0.789. The van der Waals surface area contributed by atoms with E-state index in [1.54, 1.807) is 35.0 Å². The van der Waals surface area contributed by atoms with Gasteiger partial charge in [0.1, 0.15) is 28.7 Å². The molecule has 182 valence electrons. The van der Waals surface area contributed by atoms with Crippen LogP contribution < -0.4 is 0 Å². The molecule has 4 unspecified atom stereocenters. The van der Waals surface area contributed by atoms with Gasteiger partial charge in [0.2, 0.25) is 0 Å². The minimum absolute atomic E-state index is 0.107. The summed E-state index contributed by atoms with van der Waals surface area (Å²) in [6.45, 7) is 23.3. The van der Waals surface area contributed by atoms with Gasteiger partial charge in [-0.25, -0.2) is 9.68 Å². The van der Waals surface area contributed by atoms with Gasteiger partial charge in [-0.15, -0.1) is 0 Å². The van der Waals surface area contributed by atoms with Crippen LogP contribution in [0, 0.1) is 0 Å². The molecule has 0 amide bonds. The first-order valence-corrected chi connectivity index (χ1v) is 10.3. The zero-order chi connectivity index (χ0) is 25.2. The predicted octanol–water partition coefficient (Wildman–Crippen LogP) is 3.27. The van der Waals surface area contributed by atoms with Crippen molar-refractivity contribution < 1.29 is 47.7 Å². The van der Waals surface area contributed by atoms with E-state index in [-0.39, 0.29) is 11.7 Å². The molecule has 2 aliphatic heterocycles. The smallest absolute Gasteiger partial charge is 0.461 e. The number of carbonyl (C=O) groups excluding carboxylic acids is 1. The van der Waals surface area contributed by atoms with Crippen molar-refractivity contribution in [2.24, 2.45) is 0 Å². The number of hydrogen-bond donors (Lipinski definition) is 0. The first-order chi connectivity index (χ1) is 15.0. The van der Waals surface area contributed by atoms with E-state index in [1.165, 1.54) is 14.4 Å². The van der Waals surface area contributed by atoms with Crippen molar-refractivity contribution in [2.45, 2.75) is 83.2 Å². The van der Waals surface area contributed by atoms with Gasteiger partial charge in [0, 0.05) is 7.11 Å². The van der Waals surface area contributed by atoms with E-state index in [1.807, 2.05) is 20.8 Å². The molecular formula is C21H32B2O10. The molecule has 12 heteroatoms. The Morgan fingerprint density at radius 3 is 1.88 bits per heavy atom. The van der Waals surface area contributed by atoms with Gasteiger partial charge in [0.05, 0.1) is 5.60 Å². The van der Waals surface area contributed by atoms with E-state index in [0.29, 0.717) is 5.76 Å². The Morgan fingerprint density at radius 2 is 1.42 bits per heavy atom. The van der Waals surface area contributed by atoms with Crippen molar-refractivity contribution in [3.05, 3.63) is 37.2 Å². The van der Waals surface area contributed by atoms with Crippen LogP contribution in [0.3, 0.4) is 0 Å². The topological polar surface area (TPSA) is 100 Å². The average Bonchev–Trinajstić information content (AvgIpc) is 3.03. The fraction of sp³-hybridized carbons (Fsp3) is 0.667. The molecule has 2 heterocycles. The van der Waals surface area contributed by atoms with Crippen molar-refractivity contribution in [2.75, 3.05) is 7.11 Å². The quantitative estimate of drug-likeness (QED) is 0.148. The number of ether oxygens (including phenoxy) is 7. The Bertz CT molecular complexity index is 792. The molecule has 2 saturated heterocycles. The third kappa shape index (κ3) is 7.51. The molecular weight excluding hydrogens is 434 g/mol. The van der Waals surface area contributed by atoms with Gasteiger partial charge in [0.15, 0.2) is 12.0 Å². The van der Waals surface area contributed by atoms with Crippen LogP contribution in [0.1, 0.15) is 48.5 Å². The molecule has 2 rings (SSSR count). The maximum Gasteiger partial charge on any atom is 0.513 e. The second kappa shape index (κ2) is 9.71. The maximum atomic E-state index is 11.4. The Balaban J connectivity index is 2.03. The largest absolute Gasteiger partial charge is 0.513 e. The van der Waals surface area contributed by atoms with Crippen molar-refractivity contribution in [3.63, 3.8) is 0 Å². The van der Waals surface area contributed by atoms with Crippen molar-refractivity contribution >= 4 is 20.7 Å². The lowest BCUT2D eigenvalue weighted by Crippen LogP contribution is -2.49. The molecule has 2 aliphatic rings. The number of rotatable bonds is 11. The predicted molar refractivity (Wildman–Crippen MR) is 118 cm³/mol. The van der Waals surface area contributed by atoms with Crippen LogP contribution in [0.2, 0.25) is 0 Å². The summed E-state index contributed by atoms with van der Waals surface area (Å²) in [7, 11) is 4.48. The lowest BCUT2D eigenvalue weighted by molar-refractivity contribution is -0.464. The molecule has 2 fully saturated rings. The number of hydrogen-bond acceptors (Lipinski definition) is 10. The summed E-state index contributed by atoms with van der Waals surface area (Å²) in [6, 6.07) is 0. The average molecular weight is 466 g/mol. The lowest BCUT2D eigenvalue weighted by atomic mass is 9.59. The fourth-order valence-corrected chi connectivity index (χ4v) is 2.82. The van der Waals surface area contributed by atoms with E-state index < -0.39 is 40.9 Å². The fourth-order valence-electron chi connectivity index (χ4n) is 2.82. The summed E-state index contributed by atoms with van der Waals surface area (Å²) in [5, 5.41) is 0. The molecule has 10 nitrogen and oxygen atoms in total. The molecule has 0 aromatic carbocycles. The summed E-state index contributed by atoms with van der Waals surface area (Å²) in [5.41, 5.74) is -2.88. The van der Waals surface area contributed by atoms with Crippen LogP contribution in [0.15, 0.2) is 37.2 Å². The highest BCUT2D eigenvalue weighted by molar-refractivity contribution is 6.42. The summed E-state index contributed by atoms with van der Waals surface area (Å²) in [4.78, 5) is 22.5. The maximum absolute atomic E-state index is 11.4. The van der Waals surface area contributed by atoms with Gasteiger partial charge in [-0.05, 0) is 55.0 Å². The molecule has 0 aliphatic carbocycles. The molecule has 0 bridgehead atoms. The first kappa shape index (κ1) is 27.3. The van der Waals surface area contributed by atoms with Gasteiger partial charge >= 0.3 is 6.16 Å². The second-order valence-electron chi connectivity index (χ2n) is 9.32. The van der Waals surface area contributed by atoms with Crippen molar-refractivity contribution in [1.82, 2.24) is 0 Å². The molecule has 2 radical (unpaired) electrons. The van der Waals surface area contributed by atoms with Crippen LogP contribution in [-0.2, 0) is 42.9 Å². The van der Waals surface area contributed by atoms with E-state index >= 15 is 0 Å². The van der Waals surface area contributed by atoms with Gasteiger partial charge in [-0.1, -0.05) is 13.2 Å². The Kier molecular flexibility index (Phi) is 8.02. The Morgan fingerprint density at radius 1 is 0.879 bits per heavy atom. The molecule has 0 aromatic heterocycles. The molecule has 0 N–H and O–H groups in total. The summed E-state index contributed by atoms with van der Waals surface area (Å²) in [6.07, 6.45) is -2.84. The van der Waals surface area contributed by atoms with Gasteiger partial charge in [-0.3, -0.25) is 0 Å². The van der Waals surface area contributed by atoms with Crippen LogP contribution >= 0.6 is 0 Å². The zero-order valence-corrected chi connectivity index (χ0v) is 20.5. The van der Waals surface area contributed by atoms with E-state index in [2.05, 4.69) is 19.7 Å². The highest BCUT2D eigenvalue weighted by atomic mass is 17.3. The molecule has 33 heavy (non-hydrogen) atoms. The minimum Gasteiger partial charge on any atom is -0.461 e. The van der Waals surface area contributed by atoms with Crippen LogP contribution in [0.5, 0.6) is 0 Å². The third-order valence-electron chi connectivity index (χ3n) is 4.53. The molecule has 0 saturated carbocycles. The highest BCUT2D eigenvalue weighted by Gasteiger charge is 2.47. The molecule has 0 spiro atoms. The van der Waals surface area contributed by atoms with Gasteiger partial charge in [0.25, 0.3) is 20.5 Å². The molecule has 4 atom stereocenters. The lowest BCUT2D eigenvalue weighted by Gasteiger charge is -2.35. The van der Waals surface area contributed by atoms with Crippen molar-refractivity contribution in [3.8, 4) is 0 Å². The number of carbonyl (C=O) groups is 1. The van der Waals surface area contributed by atoms with E-state index in [4.69, 9.17) is 42.9 Å². The van der Waals surface area contributed by atoms with Gasteiger partial charge < -0.3 is 33.2 Å². The summed E-state index contributed by atoms with van der Waals surface area (Å²) < 4.78 is 38.1. The van der Waals surface area contributed by atoms with Crippen molar-refractivity contribution in [1.29, 1.82) is 0 Å². The number of cyclic esters (lactones) is 2. The second-order valence-corrected chi connectivity index (χ2v) is 9.32. The zero-order valence-electron chi connectivity index (χ0n) is 20.5. The molecule has 0 aromatic rings. The van der Waals surface area contributed by atoms with Crippen LogP contribution in [0.25, 0.3) is 0 Å². The normalized spacial score (nSPS) is 27.4. The summed E-state index contributed by atoms with van der Waals surface area (Å²) >= 11 is 0. The minimum atomic E-state index is -1.33. The third-order valence-corrected chi connectivity index (χ3v) is 4.53. The SMILES string of the molecule is C=C1OC(=C)C(C)([B]C(OOC(C)(C)OC([B]C2(C)OC(=O)OC2=C)OC)OC(C)(C)C)O1. The Labute approximate surface area is 196 Å². The van der Waals surface area contributed by atoms with Crippen LogP contribution in [0.4, 0.5) is 4.79 Å². The van der Waals surface area contributed by atoms with Crippen LogP contribution in [-0.4, -0.2) is 62.6 Å². The first-order valence-electron chi connectivity index (χ1n) is 10.3. The standard InChI is InChI=1S/C21H32B2O10/c1-12-20(9,28-14(3)26-12)23-16(29-18(4,5)6)32-33-19(7,8)30-15(25-11)22-21(10)13(2)27-17(24)31-21/h15-16H,1-3H2,4-11H3. The monoisotopic (exact) mass is 466 g/mol. The Hall–Kier alpha value is -1.98. The van der Waals surface area contributed by atoms with Gasteiger partial charge in [-0.2, -0.15) is 4.89 Å². The number of methoxy groups -OCH3 is 1. The highest BCUT2D eigenvalue weighted by Crippen LogP contribution is 2.34. The van der Waals surface area contributed by atoms with E-state index in [9.17, 15) is 4.79 Å².